The highest BCUT2D eigenvalue weighted by atomic mass is 19.1. The largest absolute Gasteiger partial charge is 0.478 e. The van der Waals surface area contributed by atoms with Gasteiger partial charge in [-0.25, -0.2) is 14.2 Å². The van der Waals surface area contributed by atoms with Crippen molar-refractivity contribution < 1.29 is 14.3 Å². The first-order valence-electron chi connectivity index (χ1n) is 6.25. The number of hydrogen-bond donors (Lipinski definition) is 1. The summed E-state index contributed by atoms with van der Waals surface area (Å²) in [4.78, 5) is 15.7. The molecule has 19 heavy (non-hydrogen) atoms. The zero-order valence-electron chi connectivity index (χ0n) is 10.8. The molecule has 1 N–H and O–H groups in total. The molecular formula is C15H14FNO2. The Balaban J connectivity index is 2.38. The van der Waals surface area contributed by atoms with Gasteiger partial charge in [0, 0.05) is 16.5 Å². The fourth-order valence-corrected chi connectivity index (χ4v) is 2.35. The lowest BCUT2D eigenvalue weighted by Gasteiger charge is -2.12. The summed E-state index contributed by atoms with van der Waals surface area (Å²) in [6.45, 7) is 3.77. The molecule has 1 fully saturated rings. The van der Waals surface area contributed by atoms with Crippen LogP contribution in [0.2, 0.25) is 0 Å². The molecule has 1 heterocycles. The summed E-state index contributed by atoms with van der Waals surface area (Å²) >= 11 is 0. The highest BCUT2D eigenvalue weighted by Crippen LogP contribution is 2.47. The molecule has 0 atom stereocenters. The van der Waals surface area contributed by atoms with E-state index in [4.69, 9.17) is 0 Å². The Morgan fingerprint density at radius 3 is 2.63 bits per heavy atom. The number of rotatable bonds is 2. The van der Waals surface area contributed by atoms with Crippen LogP contribution in [-0.4, -0.2) is 16.1 Å². The molecular weight excluding hydrogens is 245 g/mol. The molecule has 0 radical (unpaired) electrons. The molecule has 0 spiro atoms. The molecule has 1 aliphatic rings. The van der Waals surface area contributed by atoms with E-state index in [-0.39, 0.29) is 16.5 Å². The standard InChI is InChI=1S/C15H14FNO2/c1-8-5-9-10(14(18)19)7-12(15(2)3-4-15)17-13(9)11(16)6-8/h5-7H,3-4H2,1-2H3,(H,18,19). The third-order valence-corrected chi connectivity index (χ3v) is 3.86. The Labute approximate surface area is 110 Å². The summed E-state index contributed by atoms with van der Waals surface area (Å²) in [5.41, 5.74) is 1.58. The molecule has 2 aromatic rings. The lowest BCUT2D eigenvalue weighted by molar-refractivity contribution is 0.0699. The van der Waals surface area contributed by atoms with Crippen LogP contribution in [0.15, 0.2) is 18.2 Å². The highest BCUT2D eigenvalue weighted by Gasteiger charge is 2.41. The van der Waals surface area contributed by atoms with Crippen LogP contribution >= 0.6 is 0 Å². The van der Waals surface area contributed by atoms with Gasteiger partial charge in [0.2, 0.25) is 0 Å². The van der Waals surface area contributed by atoms with Gasteiger partial charge in [0.1, 0.15) is 11.3 Å². The van der Waals surface area contributed by atoms with E-state index in [0.717, 1.165) is 12.8 Å². The van der Waals surface area contributed by atoms with Crippen molar-refractivity contribution in [1.29, 1.82) is 0 Å². The Morgan fingerprint density at radius 1 is 1.37 bits per heavy atom. The van der Waals surface area contributed by atoms with Gasteiger partial charge in [-0.05, 0) is 43.5 Å². The van der Waals surface area contributed by atoms with E-state index in [0.29, 0.717) is 16.6 Å². The lowest BCUT2D eigenvalue weighted by Crippen LogP contribution is -2.09. The molecule has 1 saturated carbocycles. The van der Waals surface area contributed by atoms with Gasteiger partial charge in [0.25, 0.3) is 0 Å². The normalized spacial score (nSPS) is 16.6. The first kappa shape index (κ1) is 12.1. The summed E-state index contributed by atoms with van der Waals surface area (Å²) in [6.07, 6.45) is 1.94. The van der Waals surface area contributed by atoms with E-state index in [1.165, 1.54) is 6.07 Å². The van der Waals surface area contributed by atoms with Crippen molar-refractivity contribution in [2.45, 2.75) is 32.1 Å². The lowest BCUT2D eigenvalue weighted by atomic mass is 9.98. The summed E-state index contributed by atoms with van der Waals surface area (Å²) in [7, 11) is 0. The van der Waals surface area contributed by atoms with Gasteiger partial charge >= 0.3 is 5.97 Å². The molecule has 0 aliphatic heterocycles. The van der Waals surface area contributed by atoms with Gasteiger partial charge < -0.3 is 5.11 Å². The maximum Gasteiger partial charge on any atom is 0.336 e. The van der Waals surface area contributed by atoms with Crippen LogP contribution in [0.4, 0.5) is 4.39 Å². The van der Waals surface area contributed by atoms with Crippen molar-refractivity contribution in [3.8, 4) is 0 Å². The molecule has 98 valence electrons. The van der Waals surface area contributed by atoms with Crippen molar-refractivity contribution in [3.05, 3.63) is 40.8 Å². The first-order chi connectivity index (χ1) is 8.90. The summed E-state index contributed by atoms with van der Waals surface area (Å²) in [5.74, 6) is -1.49. The topological polar surface area (TPSA) is 50.2 Å². The van der Waals surface area contributed by atoms with Crippen LogP contribution < -0.4 is 0 Å². The Hall–Kier alpha value is -1.97. The average Bonchev–Trinajstić information content (AvgIpc) is 3.07. The average molecular weight is 259 g/mol. The highest BCUT2D eigenvalue weighted by molar-refractivity contribution is 6.03. The minimum Gasteiger partial charge on any atom is -0.478 e. The number of benzene rings is 1. The predicted octanol–water partition coefficient (Wildman–Crippen LogP) is 3.43. The van der Waals surface area contributed by atoms with Crippen LogP contribution in [0.3, 0.4) is 0 Å². The van der Waals surface area contributed by atoms with Crippen LogP contribution in [0.5, 0.6) is 0 Å². The Morgan fingerprint density at radius 2 is 2.05 bits per heavy atom. The smallest absolute Gasteiger partial charge is 0.336 e. The number of hydrogen-bond acceptors (Lipinski definition) is 2. The number of aryl methyl sites for hydroxylation is 1. The van der Waals surface area contributed by atoms with Crippen LogP contribution in [0.1, 0.15) is 41.4 Å². The summed E-state index contributed by atoms with van der Waals surface area (Å²) < 4.78 is 14.0. The molecule has 1 aromatic carbocycles. The van der Waals surface area contributed by atoms with Crippen molar-refractivity contribution in [1.82, 2.24) is 4.98 Å². The number of pyridine rings is 1. The molecule has 3 nitrogen and oxygen atoms in total. The first-order valence-corrected chi connectivity index (χ1v) is 6.25. The quantitative estimate of drug-likeness (QED) is 0.898. The van der Waals surface area contributed by atoms with Crippen molar-refractivity contribution in [2.24, 2.45) is 0 Å². The second-order valence-electron chi connectivity index (χ2n) is 5.56. The van der Waals surface area contributed by atoms with Crippen LogP contribution in [-0.2, 0) is 5.41 Å². The second-order valence-corrected chi connectivity index (χ2v) is 5.56. The summed E-state index contributed by atoms with van der Waals surface area (Å²) in [6, 6.07) is 4.66. The van der Waals surface area contributed by atoms with E-state index in [9.17, 15) is 14.3 Å². The van der Waals surface area contributed by atoms with Crippen LogP contribution in [0.25, 0.3) is 10.9 Å². The van der Waals surface area contributed by atoms with Gasteiger partial charge in [-0.1, -0.05) is 6.92 Å². The van der Waals surface area contributed by atoms with Crippen molar-refractivity contribution >= 4 is 16.9 Å². The Kier molecular flexibility index (Phi) is 2.39. The maximum atomic E-state index is 14.0. The fourth-order valence-electron chi connectivity index (χ4n) is 2.35. The molecule has 3 rings (SSSR count). The second kappa shape index (κ2) is 3.76. The van der Waals surface area contributed by atoms with Gasteiger partial charge in [0.05, 0.1) is 5.56 Å². The van der Waals surface area contributed by atoms with Gasteiger partial charge in [0.15, 0.2) is 0 Å². The molecule has 0 saturated heterocycles. The monoisotopic (exact) mass is 259 g/mol. The van der Waals surface area contributed by atoms with Gasteiger partial charge in [-0.15, -0.1) is 0 Å². The minimum atomic E-state index is -1.04. The SMILES string of the molecule is Cc1cc(F)c2nc(C3(C)CC3)cc(C(=O)O)c2c1. The predicted molar refractivity (Wildman–Crippen MR) is 70.0 cm³/mol. The zero-order valence-corrected chi connectivity index (χ0v) is 10.8. The number of halogens is 1. The van der Waals surface area contributed by atoms with Gasteiger partial charge in [-0.2, -0.15) is 0 Å². The number of carbonyl (C=O) groups is 1. The minimum absolute atomic E-state index is 0.0876. The van der Waals surface area contributed by atoms with Crippen molar-refractivity contribution in [2.75, 3.05) is 0 Å². The fraction of sp³-hybridized carbons (Fsp3) is 0.333. The number of aromatic carboxylic acids is 1. The van der Waals surface area contributed by atoms with E-state index in [1.54, 1.807) is 19.1 Å². The molecule has 0 unspecified atom stereocenters. The number of fused-ring (bicyclic) bond motifs is 1. The van der Waals surface area contributed by atoms with E-state index < -0.39 is 11.8 Å². The number of aromatic nitrogens is 1. The molecule has 1 aromatic heterocycles. The van der Waals surface area contributed by atoms with Crippen LogP contribution in [0, 0.1) is 12.7 Å². The van der Waals surface area contributed by atoms with E-state index >= 15 is 0 Å². The number of nitrogens with zero attached hydrogens (tertiary/aromatic N) is 1. The van der Waals surface area contributed by atoms with E-state index in [1.807, 2.05) is 6.92 Å². The number of carboxylic acid groups (broad SMARTS) is 1. The van der Waals surface area contributed by atoms with Crippen molar-refractivity contribution in [3.63, 3.8) is 0 Å². The zero-order chi connectivity index (χ0) is 13.8. The molecule has 4 heteroatoms. The Bertz CT molecular complexity index is 705. The third kappa shape index (κ3) is 1.87. The molecule has 0 bridgehead atoms. The molecule has 0 amide bonds. The van der Waals surface area contributed by atoms with Gasteiger partial charge in [-0.3, -0.25) is 0 Å². The van der Waals surface area contributed by atoms with E-state index in [2.05, 4.69) is 4.98 Å². The third-order valence-electron chi connectivity index (χ3n) is 3.86. The molecule has 1 aliphatic carbocycles. The number of carboxylic acids is 1. The summed E-state index contributed by atoms with van der Waals surface area (Å²) in [5, 5.41) is 9.70. The maximum absolute atomic E-state index is 14.0.